The molecule has 1 aliphatic heterocycles. The summed E-state index contributed by atoms with van der Waals surface area (Å²) in [6.45, 7) is -0.130. The second-order valence-electron chi connectivity index (χ2n) is 10.6. The van der Waals surface area contributed by atoms with Crippen LogP contribution in [0.5, 0.6) is 5.75 Å². The van der Waals surface area contributed by atoms with Crippen molar-refractivity contribution in [3.8, 4) is 22.9 Å². The number of benzene rings is 3. The quantitative estimate of drug-likeness (QED) is 0.202. The van der Waals surface area contributed by atoms with E-state index in [2.05, 4.69) is 6.07 Å². The smallest absolute Gasteiger partial charge is 0.416 e. The Morgan fingerprint density at radius 1 is 0.851 bits per heavy atom. The number of sulfonamides is 1. The average Bonchev–Trinajstić information content (AvgIpc) is 3.04. The van der Waals surface area contributed by atoms with Gasteiger partial charge in [-0.3, -0.25) is 9.69 Å². The SMILES string of the molecule is N#Cc1ccccc1-c1ccc(COc2coc(CN3CCN(S(=O)(=O)c4cc(C(F)(F)F)cc(C(F)(F)F)c4)CC3)cc2=O)cc1. The van der Waals surface area contributed by atoms with Crippen LogP contribution in [0, 0.1) is 11.3 Å². The highest BCUT2D eigenvalue weighted by atomic mass is 32.2. The van der Waals surface area contributed by atoms with Crippen molar-refractivity contribution in [3.05, 3.63) is 117 Å². The molecule has 4 aromatic rings. The van der Waals surface area contributed by atoms with Crippen molar-refractivity contribution >= 4 is 10.0 Å². The van der Waals surface area contributed by atoms with Crippen molar-refractivity contribution in [2.24, 2.45) is 0 Å². The first-order valence-electron chi connectivity index (χ1n) is 14.0. The topological polar surface area (TPSA) is 104 Å². The standard InChI is InChI=1S/C32H25F6N3O5S/c33-31(34,35)24-13-25(32(36,37)38)15-27(14-24)47(43,44)41-11-9-40(10-12-41)18-26-16-29(42)30(20-45-26)46-19-21-5-7-22(8-6-21)28-4-2-1-3-23(28)17-39/h1-8,13-16,20H,9-12,18-19H2. The lowest BCUT2D eigenvalue weighted by Gasteiger charge is -2.33. The van der Waals surface area contributed by atoms with Gasteiger partial charge in [0.25, 0.3) is 0 Å². The van der Waals surface area contributed by atoms with E-state index in [0.29, 0.717) is 5.56 Å². The van der Waals surface area contributed by atoms with Gasteiger partial charge in [-0.2, -0.15) is 35.9 Å². The second-order valence-corrected chi connectivity index (χ2v) is 12.6. The van der Waals surface area contributed by atoms with Crippen molar-refractivity contribution in [2.75, 3.05) is 26.2 Å². The van der Waals surface area contributed by atoms with E-state index < -0.39 is 43.8 Å². The van der Waals surface area contributed by atoms with Gasteiger partial charge >= 0.3 is 12.4 Å². The van der Waals surface area contributed by atoms with E-state index in [-0.39, 0.29) is 69.0 Å². The van der Waals surface area contributed by atoms with Crippen LogP contribution in [-0.4, -0.2) is 43.8 Å². The number of rotatable bonds is 8. The van der Waals surface area contributed by atoms with Crippen molar-refractivity contribution in [1.82, 2.24) is 9.21 Å². The van der Waals surface area contributed by atoms with Crippen LogP contribution in [0.2, 0.25) is 0 Å². The lowest BCUT2D eigenvalue weighted by atomic mass is 9.99. The minimum atomic E-state index is -5.19. The third-order valence-corrected chi connectivity index (χ3v) is 9.35. The molecule has 1 saturated heterocycles. The number of hydrogen-bond donors (Lipinski definition) is 0. The monoisotopic (exact) mass is 677 g/mol. The molecule has 0 aliphatic carbocycles. The van der Waals surface area contributed by atoms with E-state index >= 15 is 0 Å². The molecule has 0 radical (unpaired) electrons. The van der Waals surface area contributed by atoms with E-state index in [1.165, 1.54) is 6.07 Å². The normalized spacial score (nSPS) is 14.9. The predicted octanol–water partition coefficient (Wildman–Crippen LogP) is 6.30. The van der Waals surface area contributed by atoms with E-state index in [4.69, 9.17) is 9.15 Å². The average molecular weight is 678 g/mol. The Balaban J connectivity index is 1.18. The minimum Gasteiger partial charge on any atom is -0.482 e. The van der Waals surface area contributed by atoms with E-state index in [1.807, 2.05) is 36.4 Å². The van der Waals surface area contributed by atoms with Crippen LogP contribution in [0.15, 0.2) is 93.2 Å². The second kappa shape index (κ2) is 13.2. The zero-order valence-corrected chi connectivity index (χ0v) is 25.1. The van der Waals surface area contributed by atoms with Gasteiger partial charge in [0, 0.05) is 32.2 Å². The molecule has 1 aromatic heterocycles. The molecule has 3 aromatic carbocycles. The highest BCUT2D eigenvalue weighted by Gasteiger charge is 2.39. The largest absolute Gasteiger partial charge is 0.482 e. The number of halogens is 6. The first-order valence-corrected chi connectivity index (χ1v) is 15.4. The van der Waals surface area contributed by atoms with Crippen LogP contribution in [-0.2, 0) is 35.5 Å². The van der Waals surface area contributed by atoms with Gasteiger partial charge in [0.1, 0.15) is 18.6 Å². The van der Waals surface area contributed by atoms with Gasteiger partial charge in [-0.1, -0.05) is 42.5 Å². The zero-order valence-electron chi connectivity index (χ0n) is 24.3. The lowest BCUT2D eigenvalue weighted by Crippen LogP contribution is -2.48. The summed E-state index contributed by atoms with van der Waals surface area (Å²) in [5.74, 6) is 0.203. The molecule has 15 heteroatoms. The van der Waals surface area contributed by atoms with Gasteiger partial charge in [0.2, 0.25) is 21.2 Å². The summed E-state index contributed by atoms with van der Waals surface area (Å²) >= 11 is 0. The van der Waals surface area contributed by atoms with Crippen LogP contribution in [0.1, 0.15) is 28.0 Å². The van der Waals surface area contributed by atoms with Gasteiger partial charge in [0.05, 0.1) is 34.2 Å². The molecule has 0 spiro atoms. The summed E-state index contributed by atoms with van der Waals surface area (Å²) in [6.07, 6.45) is -9.22. The maximum Gasteiger partial charge on any atom is 0.416 e. The van der Waals surface area contributed by atoms with Gasteiger partial charge in [0.15, 0.2) is 0 Å². The van der Waals surface area contributed by atoms with Crippen LogP contribution in [0.4, 0.5) is 26.3 Å². The molecule has 0 saturated carbocycles. The fourth-order valence-electron chi connectivity index (χ4n) is 4.97. The maximum absolute atomic E-state index is 13.3. The summed E-state index contributed by atoms with van der Waals surface area (Å²) < 4.78 is 118. The molecule has 0 bridgehead atoms. The molecule has 2 heterocycles. The summed E-state index contributed by atoms with van der Waals surface area (Å²) in [4.78, 5) is 13.3. The third kappa shape index (κ3) is 7.84. The molecule has 0 unspecified atom stereocenters. The molecule has 1 aliphatic rings. The molecular weight excluding hydrogens is 652 g/mol. The molecule has 0 amide bonds. The molecule has 5 rings (SSSR count). The Kier molecular flexibility index (Phi) is 9.48. The Morgan fingerprint density at radius 3 is 2.04 bits per heavy atom. The number of ether oxygens (including phenoxy) is 1. The number of hydrogen-bond acceptors (Lipinski definition) is 7. The number of alkyl halides is 6. The fourth-order valence-corrected chi connectivity index (χ4v) is 6.47. The molecule has 246 valence electrons. The Morgan fingerprint density at radius 2 is 1.47 bits per heavy atom. The molecule has 0 atom stereocenters. The van der Waals surface area contributed by atoms with Gasteiger partial charge in [-0.25, -0.2) is 8.42 Å². The van der Waals surface area contributed by atoms with E-state index in [0.717, 1.165) is 27.3 Å². The lowest BCUT2D eigenvalue weighted by molar-refractivity contribution is -0.143. The molecule has 47 heavy (non-hydrogen) atoms. The third-order valence-electron chi connectivity index (χ3n) is 7.47. The van der Waals surface area contributed by atoms with Crippen LogP contribution >= 0.6 is 0 Å². The van der Waals surface area contributed by atoms with Gasteiger partial charge in [-0.05, 0) is 41.0 Å². The minimum absolute atomic E-state index is 0.0390. The summed E-state index contributed by atoms with van der Waals surface area (Å²) in [6, 6.07) is 18.1. The van der Waals surface area contributed by atoms with Crippen LogP contribution < -0.4 is 10.2 Å². The van der Waals surface area contributed by atoms with E-state index in [9.17, 15) is 44.8 Å². The number of nitrogens with zero attached hydrogens (tertiary/aromatic N) is 3. The highest BCUT2D eigenvalue weighted by Crippen LogP contribution is 2.38. The predicted molar refractivity (Wildman–Crippen MR) is 156 cm³/mol. The van der Waals surface area contributed by atoms with Crippen LogP contribution in [0.25, 0.3) is 11.1 Å². The van der Waals surface area contributed by atoms with E-state index in [1.54, 1.807) is 17.0 Å². The van der Waals surface area contributed by atoms with Crippen molar-refractivity contribution in [1.29, 1.82) is 5.26 Å². The summed E-state index contributed by atoms with van der Waals surface area (Å²) in [7, 11) is -4.68. The highest BCUT2D eigenvalue weighted by molar-refractivity contribution is 7.89. The number of nitriles is 1. The number of piperazine rings is 1. The Labute approximate surface area is 265 Å². The summed E-state index contributed by atoms with van der Waals surface area (Å²) in [5.41, 5.74) is -0.960. The van der Waals surface area contributed by atoms with Gasteiger partial charge < -0.3 is 9.15 Å². The molecule has 8 nitrogen and oxygen atoms in total. The maximum atomic E-state index is 13.3. The Hall–Kier alpha value is -4.65. The van der Waals surface area contributed by atoms with Crippen molar-refractivity contribution in [3.63, 3.8) is 0 Å². The zero-order chi connectivity index (χ0) is 34.0. The van der Waals surface area contributed by atoms with Gasteiger partial charge in [-0.15, -0.1) is 0 Å². The first-order chi connectivity index (χ1) is 22.1. The summed E-state index contributed by atoms with van der Waals surface area (Å²) in [5, 5.41) is 9.32. The molecular formula is C32H25F6N3O5S. The van der Waals surface area contributed by atoms with Crippen molar-refractivity contribution < 1.29 is 43.9 Å². The first kappa shape index (κ1) is 33.7. The molecule has 0 N–H and O–H groups in total. The molecule has 1 fully saturated rings. The van der Waals surface area contributed by atoms with Crippen LogP contribution in [0.3, 0.4) is 0 Å². The fraction of sp³-hybridized carbons (Fsp3) is 0.250. The Bertz CT molecular complexity index is 1930. The van der Waals surface area contributed by atoms with Crippen molar-refractivity contribution in [2.45, 2.75) is 30.4 Å².